The first-order valence-electron chi connectivity index (χ1n) is 5.25. The highest BCUT2D eigenvalue weighted by Gasteiger charge is 2.20. The predicted octanol–water partition coefficient (Wildman–Crippen LogP) is 1.28. The summed E-state index contributed by atoms with van der Waals surface area (Å²) < 4.78 is 12.0. The molecule has 0 saturated carbocycles. The smallest absolute Gasteiger partial charge is 0.0906 e. The van der Waals surface area contributed by atoms with E-state index in [4.69, 9.17) is 0 Å². The number of hydrogen-bond donors (Lipinski definition) is 1. The fourth-order valence-electron chi connectivity index (χ4n) is 1.78. The van der Waals surface area contributed by atoms with E-state index >= 15 is 0 Å². The number of alkyl halides is 1. The Morgan fingerprint density at radius 1 is 1.54 bits per heavy atom. The van der Waals surface area contributed by atoms with Crippen LogP contribution in [-0.2, 0) is 0 Å². The third-order valence-electron chi connectivity index (χ3n) is 2.70. The Morgan fingerprint density at radius 3 is 2.92 bits per heavy atom. The highest BCUT2D eigenvalue weighted by molar-refractivity contribution is 4.80. The number of nitrogens with one attached hydrogen (secondary N) is 1. The van der Waals surface area contributed by atoms with E-state index in [2.05, 4.69) is 24.1 Å². The van der Waals surface area contributed by atoms with Crippen molar-refractivity contribution in [2.45, 2.75) is 26.3 Å². The summed E-state index contributed by atoms with van der Waals surface area (Å²) in [6.45, 7) is 8.40. The van der Waals surface area contributed by atoms with Gasteiger partial charge in [0.2, 0.25) is 0 Å². The molecule has 0 aliphatic carbocycles. The molecule has 0 bridgehead atoms. The standard InChI is InChI=1S/C10H21FN2/c1-9(2)10-8-13(6-3-4-11)7-5-12-10/h9-10,12H,3-8H2,1-2H3. The van der Waals surface area contributed by atoms with E-state index in [1.165, 1.54) is 0 Å². The highest BCUT2D eigenvalue weighted by Crippen LogP contribution is 2.08. The predicted molar refractivity (Wildman–Crippen MR) is 53.7 cm³/mol. The number of hydrogen-bond acceptors (Lipinski definition) is 2. The average Bonchev–Trinajstić information content (AvgIpc) is 2.15. The molecule has 1 aliphatic rings. The topological polar surface area (TPSA) is 15.3 Å². The number of rotatable bonds is 4. The number of halogens is 1. The minimum Gasteiger partial charge on any atom is -0.311 e. The van der Waals surface area contributed by atoms with Crippen molar-refractivity contribution >= 4 is 0 Å². The van der Waals surface area contributed by atoms with Crippen LogP contribution in [0.5, 0.6) is 0 Å². The van der Waals surface area contributed by atoms with Gasteiger partial charge in [-0.3, -0.25) is 4.39 Å². The van der Waals surface area contributed by atoms with Crippen molar-refractivity contribution in [3.63, 3.8) is 0 Å². The molecule has 3 heteroatoms. The molecule has 1 atom stereocenters. The van der Waals surface area contributed by atoms with Crippen molar-refractivity contribution in [1.82, 2.24) is 10.2 Å². The van der Waals surface area contributed by atoms with Crippen LogP contribution in [0.3, 0.4) is 0 Å². The quantitative estimate of drug-likeness (QED) is 0.715. The molecule has 2 nitrogen and oxygen atoms in total. The zero-order chi connectivity index (χ0) is 9.68. The Morgan fingerprint density at radius 2 is 2.31 bits per heavy atom. The maximum Gasteiger partial charge on any atom is 0.0906 e. The van der Waals surface area contributed by atoms with Crippen molar-refractivity contribution in [1.29, 1.82) is 0 Å². The molecule has 1 rings (SSSR count). The zero-order valence-corrected chi connectivity index (χ0v) is 8.72. The summed E-state index contributed by atoms with van der Waals surface area (Å²) in [6.07, 6.45) is 0.685. The van der Waals surface area contributed by atoms with Gasteiger partial charge in [0, 0.05) is 32.2 Å². The van der Waals surface area contributed by atoms with E-state index in [1.54, 1.807) is 0 Å². The van der Waals surface area contributed by atoms with Crippen LogP contribution in [0.2, 0.25) is 0 Å². The Hall–Kier alpha value is -0.150. The van der Waals surface area contributed by atoms with Crippen LogP contribution in [-0.4, -0.2) is 43.8 Å². The van der Waals surface area contributed by atoms with Gasteiger partial charge in [-0.25, -0.2) is 0 Å². The van der Waals surface area contributed by atoms with E-state index < -0.39 is 0 Å². The van der Waals surface area contributed by atoms with Crippen molar-refractivity contribution in [3.05, 3.63) is 0 Å². The molecule has 0 aromatic carbocycles. The third kappa shape index (κ3) is 3.61. The van der Waals surface area contributed by atoms with Gasteiger partial charge < -0.3 is 10.2 Å². The van der Waals surface area contributed by atoms with E-state index in [0.29, 0.717) is 18.4 Å². The van der Waals surface area contributed by atoms with Gasteiger partial charge in [-0.2, -0.15) is 0 Å². The second-order valence-corrected chi connectivity index (χ2v) is 4.15. The van der Waals surface area contributed by atoms with Crippen molar-refractivity contribution in [2.75, 3.05) is 32.9 Å². The first-order chi connectivity index (χ1) is 6.24. The van der Waals surface area contributed by atoms with Gasteiger partial charge in [0.25, 0.3) is 0 Å². The Balaban J connectivity index is 2.25. The summed E-state index contributed by atoms with van der Waals surface area (Å²) in [5.74, 6) is 0.674. The van der Waals surface area contributed by atoms with Gasteiger partial charge in [-0.05, 0) is 12.3 Å². The summed E-state index contributed by atoms with van der Waals surface area (Å²) in [5.41, 5.74) is 0. The molecule has 1 fully saturated rings. The fourth-order valence-corrected chi connectivity index (χ4v) is 1.78. The molecule has 13 heavy (non-hydrogen) atoms. The second kappa shape index (κ2) is 5.55. The molecule has 1 heterocycles. The van der Waals surface area contributed by atoms with Crippen molar-refractivity contribution in [3.8, 4) is 0 Å². The van der Waals surface area contributed by atoms with Crippen LogP contribution < -0.4 is 5.32 Å². The largest absolute Gasteiger partial charge is 0.311 e. The lowest BCUT2D eigenvalue weighted by atomic mass is 10.0. The zero-order valence-electron chi connectivity index (χ0n) is 8.72. The lowest BCUT2D eigenvalue weighted by Crippen LogP contribution is -2.52. The Kier molecular flexibility index (Phi) is 4.67. The van der Waals surface area contributed by atoms with Crippen molar-refractivity contribution in [2.24, 2.45) is 5.92 Å². The normalized spacial score (nSPS) is 25.4. The van der Waals surface area contributed by atoms with Crippen LogP contribution in [0, 0.1) is 5.92 Å². The van der Waals surface area contributed by atoms with E-state index in [1.807, 2.05) is 0 Å². The van der Waals surface area contributed by atoms with Gasteiger partial charge in [0.15, 0.2) is 0 Å². The van der Waals surface area contributed by atoms with Crippen LogP contribution in [0.15, 0.2) is 0 Å². The molecular formula is C10H21FN2. The molecule has 0 spiro atoms. The number of piperazine rings is 1. The highest BCUT2D eigenvalue weighted by atomic mass is 19.1. The van der Waals surface area contributed by atoms with Gasteiger partial charge in [0.1, 0.15) is 0 Å². The molecule has 1 N–H and O–H groups in total. The molecule has 1 aliphatic heterocycles. The lowest BCUT2D eigenvalue weighted by Gasteiger charge is -2.35. The second-order valence-electron chi connectivity index (χ2n) is 4.15. The molecule has 0 radical (unpaired) electrons. The first kappa shape index (κ1) is 10.9. The number of nitrogens with zero attached hydrogens (tertiary/aromatic N) is 1. The third-order valence-corrected chi connectivity index (χ3v) is 2.70. The molecule has 1 saturated heterocycles. The fraction of sp³-hybridized carbons (Fsp3) is 1.00. The first-order valence-corrected chi connectivity index (χ1v) is 5.25. The summed E-state index contributed by atoms with van der Waals surface area (Å²) in [7, 11) is 0. The van der Waals surface area contributed by atoms with Crippen LogP contribution >= 0.6 is 0 Å². The van der Waals surface area contributed by atoms with Gasteiger partial charge in [0.05, 0.1) is 6.67 Å². The summed E-state index contributed by atoms with van der Waals surface area (Å²) >= 11 is 0. The minimum atomic E-state index is -0.184. The molecular weight excluding hydrogens is 167 g/mol. The van der Waals surface area contributed by atoms with Gasteiger partial charge in [-0.1, -0.05) is 13.8 Å². The Bertz CT molecular complexity index is 139. The van der Waals surface area contributed by atoms with Crippen LogP contribution in [0.25, 0.3) is 0 Å². The van der Waals surface area contributed by atoms with Gasteiger partial charge in [-0.15, -0.1) is 0 Å². The molecule has 1 unspecified atom stereocenters. The minimum absolute atomic E-state index is 0.184. The van der Waals surface area contributed by atoms with E-state index in [0.717, 1.165) is 26.2 Å². The van der Waals surface area contributed by atoms with Crippen molar-refractivity contribution < 1.29 is 4.39 Å². The maximum atomic E-state index is 12.0. The van der Waals surface area contributed by atoms with Gasteiger partial charge >= 0.3 is 0 Å². The Labute approximate surface area is 80.5 Å². The molecule has 78 valence electrons. The maximum absolute atomic E-state index is 12.0. The monoisotopic (exact) mass is 188 g/mol. The summed E-state index contributed by atoms with van der Waals surface area (Å²) in [5, 5.41) is 3.49. The average molecular weight is 188 g/mol. The van der Waals surface area contributed by atoms with E-state index in [-0.39, 0.29) is 6.67 Å². The summed E-state index contributed by atoms with van der Waals surface area (Å²) in [6, 6.07) is 0.591. The van der Waals surface area contributed by atoms with Crippen LogP contribution in [0.4, 0.5) is 4.39 Å². The SMILES string of the molecule is CC(C)C1CN(CCCF)CCN1. The molecule has 0 aromatic heterocycles. The summed E-state index contributed by atoms with van der Waals surface area (Å²) in [4.78, 5) is 2.36. The van der Waals surface area contributed by atoms with E-state index in [9.17, 15) is 4.39 Å². The molecule has 0 aromatic rings. The molecule has 0 amide bonds. The lowest BCUT2D eigenvalue weighted by molar-refractivity contribution is 0.170. The van der Waals surface area contributed by atoms with Crippen LogP contribution in [0.1, 0.15) is 20.3 Å².